The largest absolute Gasteiger partial charge is 0.497 e. The van der Waals surface area contributed by atoms with Crippen LogP contribution < -0.4 is 9.54 Å². The lowest BCUT2D eigenvalue weighted by atomic mass is 10.2. The van der Waals surface area contributed by atoms with E-state index in [0.717, 1.165) is 16.1 Å². The van der Waals surface area contributed by atoms with Gasteiger partial charge >= 0.3 is 0 Å². The zero-order valence-corrected chi connectivity index (χ0v) is 12.7. The topological polar surface area (TPSA) is 38.9 Å². The van der Waals surface area contributed by atoms with Crippen LogP contribution in [0.25, 0.3) is 10.2 Å². The van der Waals surface area contributed by atoms with Crippen molar-refractivity contribution in [3.63, 3.8) is 0 Å². The molecule has 0 amide bonds. The van der Waals surface area contributed by atoms with Crippen LogP contribution in [0.4, 0.5) is 0 Å². The Hall–Kier alpha value is -2.40. The van der Waals surface area contributed by atoms with Crippen LogP contribution in [0.2, 0.25) is 0 Å². The van der Waals surface area contributed by atoms with E-state index in [1.807, 2.05) is 48.0 Å². The van der Waals surface area contributed by atoms with Crippen LogP contribution in [0.1, 0.15) is 5.56 Å². The SMILES string of the molecule is COc1ccc(/C=N\N=c2\sc3ccccc3n2C)cc1. The highest BCUT2D eigenvalue weighted by atomic mass is 32.1. The maximum Gasteiger partial charge on any atom is 0.211 e. The van der Waals surface area contributed by atoms with Gasteiger partial charge in [0.1, 0.15) is 5.75 Å². The number of nitrogens with zero attached hydrogens (tertiary/aromatic N) is 3. The van der Waals surface area contributed by atoms with E-state index in [-0.39, 0.29) is 0 Å². The molecule has 106 valence electrons. The number of hydrogen-bond donors (Lipinski definition) is 0. The Balaban J connectivity index is 1.89. The van der Waals surface area contributed by atoms with Gasteiger partial charge in [0.05, 0.1) is 23.5 Å². The minimum absolute atomic E-state index is 0.833. The van der Waals surface area contributed by atoms with Gasteiger partial charge in [-0.05, 0) is 42.0 Å². The summed E-state index contributed by atoms with van der Waals surface area (Å²) in [5.41, 5.74) is 2.16. The van der Waals surface area contributed by atoms with E-state index in [0.29, 0.717) is 0 Å². The van der Waals surface area contributed by atoms with Crippen molar-refractivity contribution in [2.75, 3.05) is 7.11 Å². The van der Waals surface area contributed by atoms with Gasteiger partial charge < -0.3 is 9.30 Å². The first kappa shape index (κ1) is 13.6. The van der Waals surface area contributed by atoms with Gasteiger partial charge in [0.15, 0.2) is 0 Å². The highest BCUT2D eigenvalue weighted by Gasteiger charge is 2.00. The van der Waals surface area contributed by atoms with Crippen LogP contribution in [-0.4, -0.2) is 17.9 Å². The molecule has 0 saturated carbocycles. The van der Waals surface area contributed by atoms with Crippen molar-refractivity contribution in [1.82, 2.24) is 4.57 Å². The van der Waals surface area contributed by atoms with E-state index in [9.17, 15) is 0 Å². The number of ether oxygens (including phenoxy) is 1. The number of methoxy groups -OCH3 is 1. The molecule has 2 aromatic carbocycles. The van der Waals surface area contributed by atoms with Gasteiger partial charge in [-0.2, -0.15) is 5.10 Å². The van der Waals surface area contributed by atoms with Crippen molar-refractivity contribution in [3.05, 3.63) is 58.9 Å². The average Bonchev–Trinajstić information content (AvgIpc) is 2.85. The maximum absolute atomic E-state index is 5.12. The van der Waals surface area contributed by atoms with Crippen LogP contribution in [-0.2, 0) is 7.05 Å². The van der Waals surface area contributed by atoms with E-state index < -0.39 is 0 Å². The maximum atomic E-state index is 5.12. The summed E-state index contributed by atoms with van der Waals surface area (Å²) in [6, 6.07) is 15.9. The Morgan fingerprint density at radius 2 is 1.86 bits per heavy atom. The van der Waals surface area contributed by atoms with Crippen molar-refractivity contribution in [1.29, 1.82) is 0 Å². The smallest absolute Gasteiger partial charge is 0.211 e. The second kappa shape index (κ2) is 5.93. The molecule has 0 N–H and O–H groups in total. The molecule has 0 unspecified atom stereocenters. The van der Waals surface area contributed by atoms with Gasteiger partial charge in [-0.25, -0.2) is 0 Å². The molecule has 0 saturated heterocycles. The second-order valence-corrected chi connectivity index (χ2v) is 5.54. The molecule has 0 atom stereocenters. The van der Waals surface area contributed by atoms with Crippen LogP contribution in [0.15, 0.2) is 58.7 Å². The van der Waals surface area contributed by atoms with Gasteiger partial charge in [0.2, 0.25) is 4.80 Å². The average molecular weight is 297 g/mol. The number of hydrogen-bond acceptors (Lipinski definition) is 4. The summed E-state index contributed by atoms with van der Waals surface area (Å²) in [5.74, 6) is 0.833. The Labute approximate surface area is 126 Å². The third-order valence-electron chi connectivity index (χ3n) is 3.18. The molecule has 0 radical (unpaired) electrons. The molecular formula is C16H15N3OS. The zero-order valence-electron chi connectivity index (χ0n) is 11.9. The van der Waals surface area contributed by atoms with Crippen LogP contribution in [0.5, 0.6) is 5.75 Å². The number of benzene rings is 2. The van der Waals surface area contributed by atoms with Crippen LogP contribution >= 0.6 is 11.3 Å². The summed E-state index contributed by atoms with van der Waals surface area (Å²) in [6.07, 6.45) is 1.74. The van der Waals surface area contributed by atoms with Crippen LogP contribution in [0.3, 0.4) is 0 Å². The molecule has 1 heterocycles. The molecule has 0 aliphatic carbocycles. The monoisotopic (exact) mass is 297 g/mol. The minimum atomic E-state index is 0.833. The highest BCUT2D eigenvalue weighted by Crippen LogP contribution is 2.15. The fourth-order valence-corrected chi connectivity index (χ4v) is 2.99. The Morgan fingerprint density at radius 3 is 2.57 bits per heavy atom. The molecule has 0 aliphatic rings. The number of para-hydroxylation sites is 1. The second-order valence-electron chi connectivity index (χ2n) is 4.53. The molecule has 0 fully saturated rings. The molecule has 0 spiro atoms. The third kappa shape index (κ3) is 2.87. The molecule has 3 rings (SSSR count). The standard InChI is InChI=1S/C16H15N3OS/c1-19-14-5-3-4-6-15(14)21-16(19)18-17-11-12-7-9-13(20-2)10-8-12/h3-11H,1-2H3/b17-11-,18-16+. The van der Waals surface area contributed by atoms with Gasteiger partial charge in [-0.3, -0.25) is 0 Å². The first-order valence-electron chi connectivity index (χ1n) is 6.53. The van der Waals surface area contributed by atoms with Crippen LogP contribution in [0, 0.1) is 0 Å². The van der Waals surface area contributed by atoms with Crippen molar-refractivity contribution < 1.29 is 4.74 Å². The Kier molecular flexibility index (Phi) is 3.83. The lowest BCUT2D eigenvalue weighted by Gasteiger charge is -1.97. The predicted molar refractivity (Wildman–Crippen MR) is 86.9 cm³/mol. The normalized spacial score (nSPS) is 12.4. The first-order chi connectivity index (χ1) is 10.3. The molecule has 3 aromatic rings. The summed E-state index contributed by atoms with van der Waals surface area (Å²) < 4.78 is 8.38. The first-order valence-corrected chi connectivity index (χ1v) is 7.35. The molecule has 21 heavy (non-hydrogen) atoms. The van der Waals surface area contributed by atoms with Gasteiger partial charge in [-0.1, -0.05) is 23.5 Å². The molecular weight excluding hydrogens is 282 g/mol. The number of thiazole rings is 1. The summed E-state index contributed by atoms with van der Waals surface area (Å²) in [4.78, 5) is 0.876. The fourth-order valence-electron chi connectivity index (χ4n) is 2.01. The molecule has 0 aliphatic heterocycles. The summed E-state index contributed by atoms with van der Waals surface area (Å²) in [5, 5.41) is 8.47. The number of aryl methyl sites for hydroxylation is 1. The predicted octanol–water partition coefficient (Wildman–Crippen LogP) is 3.18. The molecule has 0 bridgehead atoms. The summed E-state index contributed by atoms with van der Waals surface area (Å²) in [7, 11) is 3.65. The highest BCUT2D eigenvalue weighted by molar-refractivity contribution is 7.16. The number of fused-ring (bicyclic) bond motifs is 1. The minimum Gasteiger partial charge on any atom is -0.497 e. The quantitative estimate of drug-likeness (QED) is 0.540. The molecule has 5 heteroatoms. The van der Waals surface area contributed by atoms with Gasteiger partial charge in [-0.15, -0.1) is 5.10 Å². The van der Waals surface area contributed by atoms with Crippen molar-refractivity contribution in [3.8, 4) is 5.75 Å². The van der Waals surface area contributed by atoms with Crippen molar-refractivity contribution >= 4 is 27.8 Å². The summed E-state index contributed by atoms with van der Waals surface area (Å²) in [6.45, 7) is 0. The van der Waals surface area contributed by atoms with Gasteiger partial charge in [0.25, 0.3) is 0 Å². The number of rotatable bonds is 3. The van der Waals surface area contributed by atoms with Gasteiger partial charge in [0, 0.05) is 7.05 Å². The lowest BCUT2D eigenvalue weighted by molar-refractivity contribution is 0.415. The van der Waals surface area contributed by atoms with E-state index in [1.54, 1.807) is 24.7 Å². The fraction of sp³-hybridized carbons (Fsp3) is 0.125. The Bertz CT molecular complexity index is 844. The molecule has 4 nitrogen and oxygen atoms in total. The summed E-state index contributed by atoms with van der Waals surface area (Å²) >= 11 is 1.63. The van der Waals surface area contributed by atoms with E-state index in [1.165, 1.54) is 10.2 Å². The van der Waals surface area contributed by atoms with E-state index in [4.69, 9.17) is 4.74 Å². The molecule has 1 aromatic heterocycles. The number of aromatic nitrogens is 1. The van der Waals surface area contributed by atoms with Crippen molar-refractivity contribution in [2.45, 2.75) is 0 Å². The third-order valence-corrected chi connectivity index (χ3v) is 4.28. The zero-order chi connectivity index (χ0) is 14.7. The van der Waals surface area contributed by atoms with E-state index in [2.05, 4.69) is 22.3 Å². The van der Waals surface area contributed by atoms with E-state index >= 15 is 0 Å². The lowest BCUT2D eigenvalue weighted by Crippen LogP contribution is -2.08. The Morgan fingerprint density at radius 1 is 1.10 bits per heavy atom. The van der Waals surface area contributed by atoms with Crippen molar-refractivity contribution in [2.24, 2.45) is 17.3 Å².